The fraction of sp³-hybridized carbons (Fsp3) is 0.0952. The first-order valence-electron chi connectivity index (χ1n) is 8.71. The summed E-state index contributed by atoms with van der Waals surface area (Å²) in [5, 5.41) is 4.37. The van der Waals surface area contributed by atoms with E-state index in [0.717, 1.165) is 16.0 Å². The molecule has 4 rings (SSSR count). The molecule has 3 aromatic rings. The first-order valence-corrected chi connectivity index (χ1v) is 10.3. The van der Waals surface area contributed by atoms with Gasteiger partial charge in [0.2, 0.25) is 5.91 Å². The molecule has 1 aromatic heterocycles. The molecule has 5 nitrogen and oxygen atoms in total. The Morgan fingerprint density at radius 2 is 1.93 bits per heavy atom. The molecular formula is C21H15Cl2N3O2S. The molecule has 8 heteroatoms. The van der Waals surface area contributed by atoms with Gasteiger partial charge in [-0.25, -0.2) is 4.98 Å². The second-order valence-electron chi connectivity index (χ2n) is 6.48. The second-order valence-corrected chi connectivity index (χ2v) is 8.43. The van der Waals surface area contributed by atoms with Gasteiger partial charge in [0.15, 0.2) is 5.13 Å². The van der Waals surface area contributed by atoms with Crippen LogP contribution in [0.25, 0.3) is 5.70 Å². The predicted octanol–water partition coefficient (Wildman–Crippen LogP) is 5.11. The number of thiazole rings is 1. The average molecular weight is 444 g/mol. The fourth-order valence-corrected chi connectivity index (χ4v) is 4.43. The lowest BCUT2D eigenvalue weighted by atomic mass is 10.1. The number of rotatable bonds is 5. The minimum absolute atomic E-state index is 0.121. The van der Waals surface area contributed by atoms with Gasteiger partial charge in [-0.15, -0.1) is 11.3 Å². The van der Waals surface area contributed by atoms with Crippen LogP contribution in [-0.2, 0) is 11.2 Å². The Morgan fingerprint density at radius 3 is 2.66 bits per heavy atom. The van der Waals surface area contributed by atoms with Gasteiger partial charge < -0.3 is 5.32 Å². The summed E-state index contributed by atoms with van der Waals surface area (Å²) in [4.78, 5) is 31.5. The quantitative estimate of drug-likeness (QED) is 0.595. The Kier molecular flexibility index (Phi) is 5.41. The molecule has 2 aromatic carbocycles. The molecule has 0 bridgehead atoms. The van der Waals surface area contributed by atoms with Crippen molar-refractivity contribution in [2.45, 2.75) is 6.42 Å². The molecule has 2 amide bonds. The highest BCUT2D eigenvalue weighted by Gasteiger charge is 2.31. The maximum atomic E-state index is 12.5. The standard InChI is InChI=1S/C21H15Cl2N3O2S/c1-12-16-4-2-3-5-17(16)20(28)26(12)11-19(27)25-21-24-10-15(29-21)8-13-6-7-14(22)9-18(13)23/h2-7,9-10H,1,8,11H2,(H,24,25,27). The van der Waals surface area contributed by atoms with Crippen LogP contribution in [-0.4, -0.2) is 28.2 Å². The summed E-state index contributed by atoms with van der Waals surface area (Å²) in [6.45, 7) is 3.82. The third-order valence-electron chi connectivity index (χ3n) is 4.52. The Labute approximate surface area is 181 Å². The van der Waals surface area contributed by atoms with Crippen LogP contribution in [0.15, 0.2) is 55.2 Å². The Morgan fingerprint density at radius 1 is 1.17 bits per heavy atom. The third kappa shape index (κ3) is 4.05. The van der Waals surface area contributed by atoms with E-state index < -0.39 is 0 Å². The molecule has 0 spiro atoms. The van der Waals surface area contributed by atoms with Crippen molar-refractivity contribution in [2.75, 3.05) is 11.9 Å². The van der Waals surface area contributed by atoms with Crippen LogP contribution >= 0.6 is 34.5 Å². The summed E-state index contributed by atoms with van der Waals surface area (Å²) in [5.41, 5.74) is 2.76. The molecule has 1 aliphatic rings. The van der Waals surface area contributed by atoms with Gasteiger partial charge in [-0.05, 0) is 23.8 Å². The predicted molar refractivity (Wildman–Crippen MR) is 117 cm³/mol. The van der Waals surface area contributed by atoms with Gasteiger partial charge in [0.1, 0.15) is 6.54 Å². The van der Waals surface area contributed by atoms with Crippen molar-refractivity contribution in [3.05, 3.63) is 86.9 Å². The molecule has 0 atom stereocenters. The molecule has 146 valence electrons. The minimum Gasteiger partial charge on any atom is -0.300 e. The van der Waals surface area contributed by atoms with Crippen molar-refractivity contribution in [3.63, 3.8) is 0 Å². The average Bonchev–Trinajstić information content (AvgIpc) is 3.22. The largest absolute Gasteiger partial charge is 0.300 e. The zero-order valence-electron chi connectivity index (χ0n) is 15.1. The van der Waals surface area contributed by atoms with Crippen molar-refractivity contribution in [3.8, 4) is 0 Å². The monoisotopic (exact) mass is 443 g/mol. The molecule has 0 saturated carbocycles. The number of hydrogen-bond acceptors (Lipinski definition) is 4. The third-order valence-corrected chi connectivity index (χ3v) is 6.02. The number of benzene rings is 2. The van der Waals surface area contributed by atoms with Crippen molar-refractivity contribution in [2.24, 2.45) is 0 Å². The number of hydrogen-bond donors (Lipinski definition) is 1. The van der Waals surface area contributed by atoms with Crippen molar-refractivity contribution in [1.82, 2.24) is 9.88 Å². The van der Waals surface area contributed by atoms with Gasteiger partial charge >= 0.3 is 0 Å². The van der Waals surface area contributed by atoms with Crippen molar-refractivity contribution >= 4 is 57.2 Å². The lowest BCUT2D eigenvalue weighted by molar-refractivity contribution is -0.116. The highest BCUT2D eigenvalue weighted by atomic mass is 35.5. The van der Waals surface area contributed by atoms with E-state index in [1.54, 1.807) is 30.5 Å². The maximum absolute atomic E-state index is 12.5. The molecule has 0 unspecified atom stereocenters. The van der Waals surface area contributed by atoms with Gasteiger partial charge in [-0.2, -0.15) is 0 Å². The minimum atomic E-state index is -0.335. The molecule has 1 N–H and O–H groups in total. The summed E-state index contributed by atoms with van der Waals surface area (Å²) in [5.74, 6) is -0.560. The molecule has 29 heavy (non-hydrogen) atoms. The Hall–Kier alpha value is -2.67. The SMILES string of the molecule is C=C1c2ccccc2C(=O)N1CC(=O)Nc1ncc(Cc2ccc(Cl)cc2Cl)s1. The van der Waals surface area contributed by atoms with E-state index in [1.165, 1.54) is 16.2 Å². The van der Waals surface area contributed by atoms with E-state index >= 15 is 0 Å². The van der Waals surface area contributed by atoms with Crippen molar-refractivity contribution in [1.29, 1.82) is 0 Å². The molecule has 2 heterocycles. The van der Waals surface area contributed by atoms with E-state index in [4.69, 9.17) is 23.2 Å². The van der Waals surface area contributed by atoms with Crippen LogP contribution in [0.4, 0.5) is 5.13 Å². The lowest BCUT2D eigenvalue weighted by Crippen LogP contribution is -2.32. The number of nitrogens with zero attached hydrogens (tertiary/aromatic N) is 2. The molecule has 0 fully saturated rings. The van der Waals surface area contributed by atoms with Crippen LogP contribution in [0.5, 0.6) is 0 Å². The topological polar surface area (TPSA) is 62.3 Å². The molecular weight excluding hydrogens is 429 g/mol. The van der Waals surface area contributed by atoms with Gasteiger partial charge in [-0.3, -0.25) is 14.5 Å². The molecule has 1 aliphatic heterocycles. The number of nitrogens with one attached hydrogen (secondary N) is 1. The van der Waals surface area contributed by atoms with Crippen LogP contribution in [0.2, 0.25) is 10.0 Å². The molecule has 0 aliphatic carbocycles. The van der Waals surface area contributed by atoms with Gasteiger partial charge in [-0.1, -0.05) is 54.0 Å². The van der Waals surface area contributed by atoms with Crippen molar-refractivity contribution < 1.29 is 9.59 Å². The summed E-state index contributed by atoms with van der Waals surface area (Å²) >= 11 is 13.5. The highest BCUT2D eigenvalue weighted by molar-refractivity contribution is 7.15. The van der Waals surface area contributed by atoms with Gasteiger partial charge in [0.05, 0.1) is 0 Å². The number of anilines is 1. The summed E-state index contributed by atoms with van der Waals surface area (Å²) in [6.07, 6.45) is 2.28. The van der Waals surface area contributed by atoms with Crippen LogP contribution in [0.1, 0.15) is 26.4 Å². The fourth-order valence-electron chi connectivity index (χ4n) is 3.10. The van der Waals surface area contributed by atoms with Gasteiger partial charge in [0, 0.05) is 44.4 Å². The molecule has 0 radical (unpaired) electrons. The molecule has 0 saturated heterocycles. The Balaban J connectivity index is 1.40. The number of halogens is 2. The number of amides is 2. The first kappa shape index (κ1) is 19.6. The zero-order valence-corrected chi connectivity index (χ0v) is 17.4. The summed E-state index contributed by atoms with van der Waals surface area (Å²) in [7, 11) is 0. The number of fused-ring (bicyclic) bond motifs is 1. The highest BCUT2D eigenvalue weighted by Crippen LogP contribution is 2.31. The lowest BCUT2D eigenvalue weighted by Gasteiger charge is -2.16. The van der Waals surface area contributed by atoms with Crippen LogP contribution in [0.3, 0.4) is 0 Å². The van der Waals surface area contributed by atoms with Crippen LogP contribution < -0.4 is 5.32 Å². The van der Waals surface area contributed by atoms with E-state index in [-0.39, 0.29) is 18.4 Å². The van der Waals surface area contributed by atoms with E-state index in [9.17, 15) is 9.59 Å². The van der Waals surface area contributed by atoms with Crippen LogP contribution in [0, 0.1) is 0 Å². The van der Waals surface area contributed by atoms with E-state index in [2.05, 4.69) is 16.9 Å². The second kappa shape index (κ2) is 7.99. The number of aromatic nitrogens is 1. The first-order chi connectivity index (χ1) is 13.9. The number of carbonyl (C=O) groups is 2. The van der Waals surface area contributed by atoms with Gasteiger partial charge in [0.25, 0.3) is 5.91 Å². The zero-order chi connectivity index (χ0) is 20.5. The number of carbonyl (C=O) groups excluding carboxylic acids is 2. The normalized spacial score (nSPS) is 13.0. The Bertz CT molecular complexity index is 1110. The smallest absolute Gasteiger partial charge is 0.259 e. The van der Waals surface area contributed by atoms with E-state index in [1.807, 2.05) is 18.2 Å². The summed E-state index contributed by atoms with van der Waals surface area (Å²) < 4.78 is 0. The maximum Gasteiger partial charge on any atom is 0.259 e. The summed E-state index contributed by atoms with van der Waals surface area (Å²) in [6, 6.07) is 12.5. The van der Waals surface area contributed by atoms with E-state index in [0.29, 0.717) is 32.9 Å².